The molecule has 130 valence electrons. The van der Waals surface area contributed by atoms with Gasteiger partial charge in [-0.3, -0.25) is 5.10 Å². The van der Waals surface area contributed by atoms with E-state index in [0.717, 1.165) is 42.6 Å². The summed E-state index contributed by atoms with van der Waals surface area (Å²) in [4.78, 5) is 0. The zero-order valence-electron chi connectivity index (χ0n) is 14.9. The van der Waals surface area contributed by atoms with Crippen LogP contribution in [0.3, 0.4) is 0 Å². The van der Waals surface area contributed by atoms with E-state index in [1.807, 2.05) is 6.20 Å². The summed E-state index contributed by atoms with van der Waals surface area (Å²) in [7, 11) is 0. The fraction of sp³-hybridized carbons (Fsp3) is 0.381. The van der Waals surface area contributed by atoms with Gasteiger partial charge in [-0.15, -0.1) is 0 Å². The van der Waals surface area contributed by atoms with Gasteiger partial charge in [0.05, 0.1) is 18.3 Å². The van der Waals surface area contributed by atoms with Crippen molar-refractivity contribution in [2.75, 3.05) is 6.61 Å². The Morgan fingerprint density at radius 1 is 1.24 bits per heavy atom. The van der Waals surface area contributed by atoms with E-state index in [1.165, 1.54) is 16.7 Å². The Morgan fingerprint density at radius 2 is 2.16 bits per heavy atom. The zero-order valence-corrected chi connectivity index (χ0v) is 14.9. The molecule has 2 heterocycles. The zero-order chi connectivity index (χ0) is 17.2. The first-order valence-electron chi connectivity index (χ1n) is 9.13. The second-order valence-corrected chi connectivity index (χ2v) is 7.17. The molecule has 1 aliphatic heterocycles. The van der Waals surface area contributed by atoms with Crippen molar-refractivity contribution in [1.29, 1.82) is 0 Å². The number of fused-ring (bicyclic) bond motifs is 2. The second-order valence-electron chi connectivity index (χ2n) is 7.17. The first-order chi connectivity index (χ1) is 12.2. The second kappa shape index (κ2) is 6.89. The molecule has 0 radical (unpaired) electrons. The summed E-state index contributed by atoms with van der Waals surface area (Å²) in [6.07, 6.45) is 4.03. The predicted molar refractivity (Wildman–Crippen MR) is 101 cm³/mol. The van der Waals surface area contributed by atoms with Crippen molar-refractivity contribution in [2.45, 2.75) is 45.2 Å². The van der Waals surface area contributed by atoms with Crippen LogP contribution in [0.2, 0.25) is 0 Å². The van der Waals surface area contributed by atoms with Crippen molar-refractivity contribution >= 4 is 10.9 Å². The predicted octanol–water partition coefficient (Wildman–Crippen LogP) is 4.69. The van der Waals surface area contributed by atoms with Gasteiger partial charge in [-0.1, -0.05) is 38.1 Å². The highest BCUT2D eigenvalue weighted by molar-refractivity contribution is 5.78. The number of hydrogen-bond acceptors (Lipinski definition) is 3. The molecule has 25 heavy (non-hydrogen) atoms. The Hall–Kier alpha value is -2.33. The molecule has 3 aromatic rings. The standard InChI is InChI=1S/C21H25N3O/c1-14(2)16-7-8-21-18(11-16)19(4-3-9-25-21)22-12-15-5-6-17-13-23-24-20(17)10-15/h5-8,10-11,13-14,19,22H,3-4,9,12H2,1-2H3,(H,23,24). The third-order valence-corrected chi connectivity index (χ3v) is 5.03. The molecule has 0 bridgehead atoms. The topological polar surface area (TPSA) is 49.9 Å². The minimum absolute atomic E-state index is 0.327. The molecule has 4 rings (SSSR count). The van der Waals surface area contributed by atoms with Crippen LogP contribution in [0.5, 0.6) is 5.75 Å². The number of aromatic amines is 1. The van der Waals surface area contributed by atoms with E-state index < -0.39 is 0 Å². The maximum absolute atomic E-state index is 5.96. The van der Waals surface area contributed by atoms with E-state index in [9.17, 15) is 0 Å². The SMILES string of the molecule is CC(C)c1ccc2c(c1)C(NCc1ccc3cn[nH]c3c1)CCCO2. The summed E-state index contributed by atoms with van der Waals surface area (Å²) in [6.45, 7) is 6.11. The fourth-order valence-electron chi connectivity index (χ4n) is 3.50. The van der Waals surface area contributed by atoms with E-state index in [0.29, 0.717) is 12.0 Å². The van der Waals surface area contributed by atoms with Crippen LogP contribution in [0.25, 0.3) is 10.9 Å². The Morgan fingerprint density at radius 3 is 3.04 bits per heavy atom. The molecule has 1 aliphatic rings. The first kappa shape index (κ1) is 16.2. The number of nitrogens with zero attached hydrogens (tertiary/aromatic N) is 1. The number of ether oxygens (including phenoxy) is 1. The highest BCUT2D eigenvalue weighted by Gasteiger charge is 2.20. The van der Waals surface area contributed by atoms with Crippen LogP contribution in [-0.2, 0) is 6.54 Å². The number of hydrogen-bond donors (Lipinski definition) is 2. The van der Waals surface area contributed by atoms with Crippen molar-refractivity contribution in [3.8, 4) is 5.75 Å². The number of benzene rings is 2. The third kappa shape index (κ3) is 3.40. The monoisotopic (exact) mass is 335 g/mol. The van der Waals surface area contributed by atoms with Gasteiger partial charge in [0.2, 0.25) is 0 Å². The summed E-state index contributed by atoms with van der Waals surface area (Å²) in [5.41, 5.74) is 5.02. The maximum Gasteiger partial charge on any atom is 0.124 e. The van der Waals surface area contributed by atoms with Crippen LogP contribution in [0.4, 0.5) is 0 Å². The van der Waals surface area contributed by atoms with Gasteiger partial charge >= 0.3 is 0 Å². The number of H-pyrrole nitrogens is 1. The molecule has 1 unspecified atom stereocenters. The molecule has 2 aromatic carbocycles. The third-order valence-electron chi connectivity index (χ3n) is 5.03. The Bertz CT molecular complexity index is 868. The molecular formula is C21H25N3O. The van der Waals surface area contributed by atoms with Gasteiger partial charge < -0.3 is 10.1 Å². The molecule has 2 N–H and O–H groups in total. The van der Waals surface area contributed by atoms with Crippen molar-refractivity contribution in [2.24, 2.45) is 0 Å². The van der Waals surface area contributed by atoms with E-state index >= 15 is 0 Å². The van der Waals surface area contributed by atoms with Crippen LogP contribution in [0.1, 0.15) is 55.3 Å². The number of aromatic nitrogens is 2. The molecule has 0 amide bonds. The molecule has 0 saturated heterocycles. The van der Waals surface area contributed by atoms with Crippen LogP contribution in [-0.4, -0.2) is 16.8 Å². The van der Waals surface area contributed by atoms with Gasteiger partial charge in [-0.2, -0.15) is 5.10 Å². The Labute approximate surface area is 148 Å². The van der Waals surface area contributed by atoms with Crippen LogP contribution in [0, 0.1) is 0 Å². The average molecular weight is 335 g/mol. The fourth-order valence-corrected chi connectivity index (χ4v) is 3.50. The van der Waals surface area contributed by atoms with E-state index in [1.54, 1.807) is 0 Å². The molecule has 4 nitrogen and oxygen atoms in total. The molecule has 0 spiro atoms. The quantitative estimate of drug-likeness (QED) is 0.727. The normalized spacial score (nSPS) is 17.3. The van der Waals surface area contributed by atoms with Gasteiger partial charge in [-0.05, 0) is 42.0 Å². The molecular weight excluding hydrogens is 310 g/mol. The lowest BCUT2D eigenvalue weighted by Gasteiger charge is -2.20. The summed E-state index contributed by atoms with van der Waals surface area (Å²) in [6, 6.07) is 13.4. The largest absolute Gasteiger partial charge is 0.493 e. The molecule has 4 heteroatoms. The highest BCUT2D eigenvalue weighted by Crippen LogP contribution is 2.34. The lowest BCUT2D eigenvalue weighted by atomic mass is 9.95. The average Bonchev–Trinajstić information content (AvgIpc) is 2.99. The van der Waals surface area contributed by atoms with Crippen molar-refractivity contribution in [3.05, 3.63) is 59.3 Å². The molecule has 0 fully saturated rings. The first-order valence-corrected chi connectivity index (χ1v) is 9.13. The minimum Gasteiger partial charge on any atom is -0.493 e. The Kier molecular flexibility index (Phi) is 4.45. The van der Waals surface area contributed by atoms with Gasteiger partial charge in [0.15, 0.2) is 0 Å². The summed E-state index contributed by atoms with van der Waals surface area (Å²) < 4.78 is 5.96. The lowest BCUT2D eigenvalue weighted by molar-refractivity contribution is 0.315. The van der Waals surface area contributed by atoms with Crippen molar-refractivity contribution < 1.29 is 4.74 Å². The minimum atomic E-state index is 0.327. The van der Waals surface area contributed by atoms with Crippen molar-refractivity contribution in [1.82, 2.24) is 15.5 Å². The van der Waals surface area contributed by atoms with E-state index in [4.69, 9.17) is 4.74 Å². The lowest BCUT2D eigenvalue weighted by Crippen LogP contribution is -2.20. The number of rotatable bonds is 4. The summed E-state index contributed by atoms with van der Waals surface area (Å²) >= 11 is 0. The Balaban J connectivity index is 1.56. The van der Waals surface area contributed by atoms with Gasteiger partial charge in [-0.25, -0.2) is 0 Å². The molecule has 0 saturated carbocycles. The summed E-state index contributed by atoms with van der Waals surface area (Å²) in [5, 5.41) is 12.0. The van der Waals surface area contributed by atoms with E-state index in [-0.39, 0.29) is 0 Å². The van der Waals surface area contributed by atoms with E-state index in [2.05, 4.69) is 65.8 Å². The molecule has 1 atom stereocenters. The maximum atomic E-state index is 5.96. The van der Waals surface area contributed by atoms with Crippen molar-refractivity contribution in [3.63, 3.8) is 0 Å². The number of nitrogens with one attached hydrogen (secondary N) is 2. The van der Waals surface area contributed by atoms with Gasteiger partial charge in [0, 0.05) is 23.5 Å². The smallest absolute Gasteiger partial charge is 0.124 e. The van der Waals surface area contributed by atoms with Crippen LogP contribution in [0.15, 0.2) is 42.6 Å². The highest BCUT2D eigenvalue weighted by atomic mass is 16.5. The van der Waals surface area contributed by atoms with Crippen LogP contribution >= 0.6 is 0 Å². The molecule has 1 aromatic heterocycles. The van der Waals surface area contributed by atoms with Gasteiger partial charge in [0.25, 0.3) is 0 Å². The summed E-state index contributed by atoms with van der Waals surface area (Å²) in [5.74, 6) is 1.56. The molecule has 0 aliphatic carbocycles. The van der Waals surface area contributed by atoms with Crippen LogP contribution < -0.4 is 10.1 Å². The van der Waals surface area contributed by atoms with Gasteiger partial charge in [0.1, 0.15) is 5.75 Å².